The number of hydrogen-bond donors (Lipinski definition) is 0. The summed E-state index contributed by atoms with van der Waals surface area (Å²) in [6.07, 6.45) is 4.34. The van der Waals surface area contributed by atoms with Gasteiger partial charge in [-0.25, -0.2) is 9.97 Å². The molecule has 0 radical (unpaired) electrons. The summed E-state index contributed by atoms with van der Waals surface area (Å²) >= 11 is 0. The van der Waals surface area contributed by atoms with Crippen molar-refractivity contribution in [2.45, 2.75) is 39.5 Å². The lowest BCUT2D eigenvalue weighted by Gasteiger charge is -2.11. The maximum atomic E-state index is 10.9. The molecule has 2 aromatic rings. The first-order valence-electron chi connectivity index (χ1n) is 7.87. The van der Waals surface area contributed by atoms with Gasteiger partial charge in [0.1, 0.15) is 0 Å². The zero-order valence-electron chi connectivity index (χ0n) is 13.4. The summed E-state index contributed by atoms with van der Waals surface area (Å²) in [5.74, 6) is 0.612. The minimum Gasteiger partial charge on any atom is -0.474 e. The van der Waals surface area contributed by atoms with Gasteiger partial charge in [-0.2, -0.15) is 0 Å². The topological polar surface area (TPSA) is 87.4 Å². The maximum absolute atomic E-state index is 10.9. The molecule has 2 rings (SSSR count). The molecule has 0 N–H and O–H groups in total. The summed E-state index contributed by atoms with van der Waals surface area (Å²) in [5.41, 5.74) is 0.938. The third kappa shape index (κ3) is 4.51. The molecule has 7 heteroatoms. The molecule has 0 atom stereocenters. The molecule has 124 valence electrons. The van der Waals surface area contributed by atoms with Gasteiger partial charge in [-0.3, -0.25) is 10.1 Å². The molecular formula is C16H21N3O4. The highest BCUT2D eigenvalue weighted by molar-refractivity contribution is 5.78. The number of rotatable bonds is 9. The first-order chi connectivity index (χ1) is 11.2. The summed E-state index contributed by atoms with van der Waals surface area (Å²) in [6.45, 7) is 4.97. The van der Waals surface area contributed by atoms with Gasteiger partial charge in [-0.05, 0) is 19.4 Å². The van der Waals surface area contributed by atoms with Crippen LogP contribution in [-0.4, -0.2) is 28.1 Å². The normalized spacial score (nSPS) is 10.7. The minimum atomic E-state index is -0.456. The van der Waals surface area contributed by atoms with Gasteiger partial charge in [-0.1, -0.05) is 26.2 Å². The summed E-state index contributed by atoms with van der Waals surface area (Å²) < 4.78 is 11.1. The van der Waals surface area contributed by atoms with E-state index in [0.29, 0.717) is 30.1 Å². The van der Waals surface area contributed by atoms with Gasteiger partial charge in [0.05, 0.1) is 29.2 Å². The van der Waals surface area contributed by atoms with Gasteiger partial charge >= 0.3 is 0 Å². The van der Waals surface area contributed by atoms with Crippen molar-refractivity contribution in [2.75, 3.05) is 13.2 Å². The van der Waals surface area contributed by atoms with Crippen LogP contribution < -0.4 is 9.47 Å². The standard InChI is InChI=1S/C16H21N3O4/c1-3-5-6-7-10-23-16-15(22-4-2)17-13-9-8-12(19(20)21)11-14(13)18-16/h8-9,11H,3-7,10H2,1-2H3. The van der Waals surface area contributed by atoms with Gasteiger partial charge in [0, 0.05) is 12.1 Å². The van der Waals surface area contributed by atoms with E-state index in [2.05, 4.69) is 16.9 Å². The molecule has 0 amide bonds. The molecule has 0 bridgehead atoms. The van der Waals surface area contributed by atoms with Crippen LogP contribution in [0.15, 0.2) is 18.2 Å². The Hall–Kier alpha value is -2.44. The second-order valence-electron chi connectivity index (χ2n) is 5.11. The van der Waals surface area contributed by atoms with Crippen LogP contribution in [0.5, 0.6) is 11.8 Å². The van der Waals surface area contributed by atoms with E-state index >= 15 is 0 Å². The van der Waals surface area contributed by atoms with Crippen LogP contribution in [0.2, 0.25) is 0 Å². The number of ether oxygens (including phenoxy) is 2. The number of aromatic nitrogens is 2. The zero-order chi connectivity index (χ0) is 16.7. The van der Waals surface area contributed by atoms with Gasteiger partial charge < -0.3 is 9.47 Å². The summed E-state index contributed by atoms with van der Waals surface area (Å²) in [4.78, 5) is 19.1. The van der Waals surface area contributed by atoms with Crippen molar-refractivity contribution in [2.24, 2.45) is 0 Å². The molecule has 1 aromatic carbocycles. The Balaban J connectivity index is 2.23. The van der Waals surface area contributed by atoms with Crippen LogP contribution in [0, 0.1) is 10.1 Å². The number of non-ortho nitro benzene ring substituents is 1. The van der Waals surface area contributed by atoms with Crippen LogP contribution in [0.25, 0.3) is 11.0 Å². The molecule has 0 unspecified atom stereocenters. The van der Waals surface area contributed by atoms with Gasteiger partial charge in [0.15, 0.2) is 0 Å². The Morgan fingerprint density at radius 2 is 1.78 bits per heavy atom. The molecule has 0 aliphatic rings. The van der Waals surface area contributed by atoms with Crippen molar-refractivity contribution in [1.29, 1.82) is 0 Å². The first-order valence-corrected chi connectivity index (χ1v) is 7.87. The predicted molar refractivity (Wildman–Crippen MR) is 87.0 cm³/mol. The maximum Gasteiger partial charge on any atom is 0.278 e. The van der Waals surface area contributed by atoms with E-state index in [0.717, 1.165) is 25.7 Å². The fourth-order valence-electron chi connectivity index (χ4n) is 2.15. The molecule has 0 spiro atoms. The van der Waals surface area contributed by atoms with Crippen LogP contribution in [-0.2, 0) is 0 Å². The molecule has 0 saturated heterocycles. The number of nitro groups is 1. The highest BCUT2D eigenvalue weighted by atomic mass is 16.6. The highest BCUT2D eigenvalue weighted by Crippen LogP contribution is 2.28. The molecular weight excluding hydrogens is 298 g/mol. The zero-order valence-corrected chi connectivity index (χ0v) is 13.4. The fraction of sp³-hybridized carbons (Fsp3) is 0.500. The van der Waals surface area contributed by atoms with E-state index in [-0.39, 0.29) is 11.6 Å². The summed E-state index contributed by atoms with van der Waals surface area (Å²) in [5, 5.41) is 10.9. The minimum absolute atomic E-state index is 0.0233. The molecule has 0 saturated carbocycles. The molecule has 0 aliphatic heterocycles. The van der Waals surface area contributed by atoms with Crippen molar-refractivity contribution in [1.82, 2.24) is 9.97 Å². The molecule has 0 fully saturated rings. The quantitative estimate of drug-likeness (QED) is 0.396. The van der Waals surface area contributed by atoms with E-state index in [1.807, 2.05) is 6.92 Å². The van der Waals surface area contributed by atoms with E-state index in [1.165, 1.54) is 12.1 Å². The van der Waals surface area contributed by atoms with Crippen LogP contribution in [0.1, 0.15) is 39.5 Å². The Morgan fingerprint density at radius 1 is 1.04 bits per heavy atom. The molecule has 1 heterocycles. The average Bonchev–Trinajstić information content (AvgIpc) is 2.54. The van der Waals surface area contributed by atoms with Gasteiger partial charge in [0.25, 0.3) is 17.4 Å². The van der Waals surface area contributed by atoms with E-state index in [4.69, 9.17) is 9.47 Å². The van der Waals surface area contributed by atoms with Gasteiger partial charge in [0.2, 0.25) is 0 Å². The third-order valence-corrected chi connectivity index (χ3v) is 3.31. The molecule has 0 aliphatic carbocycles. The van der Waals surface area contributed by atoms with E-state index < -0.39 is 4.92 Å². The van der Waals surface area contributed by atoms with E-state index in [9.17, 15) is 10.1 Å². The lowest BCUT2D eigenvalue weighted by atomic mass is 10.2. The Morgan fingerprint density at radius 3 is 2.48 bits per heavy atom. The van der Waals surface area contributed by atoms with Crippen LogP contribution >= 0.6 is 0 Å². The molecule has 7 nitrogen and oxygen atoms in total. The lowest BCUT2D eigenvalue weighted by molar-refractivity contribution is -0.384. The largest absolute Gasteiger partial charge is 0.474 e. The number of nitro benzene ring substituents is 1. The number of fused-ring (bicyclic) bond motifs is 1. The van der Waals surface area contributed by atoms with Crippen molar-refractivity contribution < 1.29 is 14.4 Å². The van der Waals surface area contributed by atoms with Crippen molar-refractivity contribution in [3.05, 3.63) is 28.3 Å². The first kappa shape index (κ1) is 16.9. The average molecular weight is 319 g/mol. The molecule has 1 aromatic heterocycles. The monoisotopic (exact) mass is 319 g/mol. The summed E-state index contributed by atoms with van der Waals surface area (Å²) in [7, 11) is 0. The predicted octanol–water partition coefficient (Wildman–Crippen LogP) is 3.90. The van der Waals surface area contributed by atoms with Crippen LogP contribution in [0.4, 0.5) is 5.69 Å². The SMILES string of the molecule is CCCCCCOc1nc2cc([N+](=O)[O-])ccc2nc1OCC. The summed E-state index contributed by atoms with van der Waals surface area (Å²) in [6, 6.07) is 4.36. The van der Waals surface area contributed by atoms with Crippen molar-refractivity contribution in [3.63, 3.8) is 0 Å². The smallest absolute Gasteiger partial charge is 0.278 e. The Kier molecular flexibility index (Phi) is 6.08. The molecule has 23 heavy (non-hydrogen) atoms. The Labute approximate surface area is 134 Å². The van der Waals surface area contributed by atoms with Gasteiger partial charge in [-0.15, -0.1) is 0 Å². The second-order valence-corrected chi connectivity index (χ2v) is 5.11. The van der Waals surface area contributed by atoms with Crippen LogP contribution in [0.3, 0.4) is 0 Å². The fourth-order valence-corrected chi connectivity index (χ4v) is 2.15. The Bertz CT molecular complexity index is 676. The highest BCUT2D eigenvalue weighted by Gasteiger charge is 2.14. The number of nitrogens with zero attached hydrogens (tertiary/aromatic N) is 3. The number of hydrogen-bond acceptors (Lipinski definition) is 6. The number of unbranched alkanes of at least 4 members (excludes halogenated alkanes) is 3. The third-order valence-electron chi connectivity index (χ3n) is 3.31. The van der Waals surface area contributed by atoms with E-state index in [1.54, 1.807) is 6.07 Å². The number of benzene rings is 1. The van der Waals surface area contributed by atoms with Crippen molar-refractivity contribution >= 4 is 16.7 Å². The lowest BCUT2D eigenvalue weighted by Crippen LogP contribution is -2.05. The van der Waals surface area contributed by atoms with Crippen molar-refractivity contribution in [3.8, 4) is 11.8 Å². The second kappa shape index (κ2) is 8.26.